The van der Waals surface area contributed by atoms with Crippen molar-refractivity contribution >= 4 is 16.5 Å². The lowest BCUT2D eigenvalue weighted by molar-refractivity contribution is 0.252. The Kier molecular flexibility index (Phi) is 3.36. The Morgan fingerprint density at radius 2 is 1.78 bits per heavy atom. The maximum Gasteiger partial charge on any atom is 0.204 e. The van der Waals surface area contributed by atoms with Crippen LogP contribution in [-0.2, 0) is 0 Å². The van der Waals surface area contributed by atoms with Crippen LogP contribution in [-0.4, -0.2) is 44.3 Å². The van der Waals surface area contributed by atoms with E-state index in [1.165, 1.54) is 37.1 Å². The third-order valence-corrected chi connectivity index (χ3v) is 5.07. The van der Waals surface area contributed by atoms with Gasteiger partial charge in [-0.05, 0) is 24.3 Å². The number of fused-ring (bicyclic) bond motifs is 3. The molecule has 1 aromatic heterocycles. The zero-order valence-corrected chi connectivity index (χ0v) is 13.8. The summed E-state index contributed by atoms with van der Waals surface area (Å²) in [6.45, 7) is 2.34. The molecule has 5 nitrogen and oxygen atoms in total. The lowest BCUT2D eigenvalue weighted by atomic mass is 9.82. The van der Waals surface area contributed by atoms with Gasteiger partial charge in [0.1, 0.15) is 0 Å². The van der Waals surface area contributed by atoms with Crippen LogP contribution in [0.5, 0.6) is 17.2 Å². The molecule has 122 valence electrons. The summed E-state index contributed by atoms with van der Waals surface area (Å²) in [5, 5.41) is 1.07. The molecular formula is C18H22N2O3. The first-order valence-corrected chi connectivity index (χ1v) is 8.03. The van der Waals surface area contributed by atoms with Gasteiger partial charge in [0, 0.05) is 37.1 Å². The summed E-state index contributed by atoms with van der Waals surface area (Å²) in [5.74, 6) is 2.69. The van der Waals surface area contributed by atoms with Crippen LogP contribution in [0.3, 0.4) is 0 Å². The molecule has 0 spiro atoms. The topological polar surface area (TPSA) is 46.7 Å². The number of aromatic nitrogens is 1. The number of rotatable bonds is 4. The number of aromatic amines is 1. The van der Waals surface area contributed by atoms with Gasteiger partial charge in [0.25, 0.3) is 0 Å². The summed E-state index contributed by atoms with van der Waals surface area (Å²) in [6, 6.07) is 1.97. The zero-order valence-electron chi connectivity index (χ0n) is 13.8. The molecule has 0 aliphatic carbocycles. The first-order chi connectivity index (χ1) is 11.3. The number of nitrogens with zero attached hydrogens (tertiary/aromatic N) is 1. The van der Waals surface area contributed by atoms with E-state index in [1.807, 2.05) is 6.07 Å². The van der Waals surface area contributed by atoms with E-state index in [1.54, 1.807) is 21.3 Å². The average Bonchev–Trinajstić information content (AvgIpc) is 3.04. The second-order valence-corrected chi connectivity index (χ2v) is 6.16. The van der Waals surface area contributed by atoms with Gasteiger partial charge in [-0.2, -0.15) is 0 Å². The second kappa shape index (κ2) is 5.41. The fourth-order valence-corrected chi connectivity index (χ4v) is 3.92. The fourth-order valence-electron chi connectivity index (χ4n) is 3.92. The van der Waals surface area contributed by atoms with E-state index in [2.05, 4.69) is 22.3 Å². The van der Waals surface area contributed by atoms with Crippen molar-refractivity contribution in [3.8, 4) is 17.2 Å². The monoisotopic (exact) mass is 314 g/mol. The van der Waals surface area contributed by atoms with Gasteiger partial charge in [0.2, 0.25) is 5.75 Å². The van der Waals surface area contributed by atoms with Crippen molar-refractivity contribution < 1.29 is 14.2 Å². The Hall–Kier alpha value is -2.30. The van der Waals surface area contributed by atoms with Gasteiger partial charge < -0.3 is 24.1 Å². The van der Waals surface area contributed by atoms with Crippen LogP contribution in [0.2, 0.25) is 0 Å². The number of allylic oxidation sites excluding steroid dienone is 1. The summed E-state index contributed by atoms with van der Waals surface area (Å²) >= 11 is 0. The minimum absolute atomic E-state index is 0.636. The van der Waals surface area contributed by atoms with Gasteiger partial charge in [-0.1, -0.05) is 0 Å². The van der Waals surface area contributed by atoms with Crippen molar-refractivity contribution in [2.45, 2.75) is 12.8 Å². The predicted octanol–water partition coefficient (Wildman–Crippen LogP) is 3.26. The number of nitrogens with one attached hydrogen (secondary N) is 1. The molecule has 5 rings (SSSR count). The molecule has 1 saturated heterocycles. The molecule has 2 bridgehead atoms. The summed E-state index contributed by atoms with van der Waals surface area (Å²) in [6.07, 6.45) is 6.86. The molecule has 1 fully saturated rings. The molecule has 0 saturated carbocycles. The molecule has 4 heterocycles. The molecule has 1 aromatic carbocycles. The summed E-state index contributed by atoms with van der Waals surface area (Å²) in [4.78, 5) is 5.79. The molecular weight excluding hydrogens is 292 g/mol. The maximum atomic E-state index is 5.70. The average molecular weight is 314 g/mol. The SMILES string of the molecule is COc1cc2[nH]cc(C3=CN4CCC3CC4)c2c(OC)c1OC. The van der Waals surface area contributed by atoms with E-state index in [9.17, 15) is 0 Å². The predicted molar refractivity (Wildman–Crippen MR) is 90.2 cm³/mol. The third-order valence-electron chi connectivity index (χ3n) is 5.07. The largest absolute Gasteiger partial charge is 0.493 e. The first-order valence-electron chi connectivity index (χ1n) is 8.03. The molecule has 0 unspecified atom stereocenters. The molecule has 23 heavy (non-hydrogen) atoms. The van der Waals surface area contributed by atoms with E-state index >= 15 is 0 Å². The van der Waals surface area contributed by atoms with Gasteiger partial charge in [-0.15, -0.1) is 0 Å². The quantitative estimate of drug-likeness (QED) is 0.941. The Morgan fingerprint density at radius 1 is 1.04 bits per heavy atom. The number of piperidine rings is 1. The number of methoxy groups -OCH3 is 3. The van der Waals surface area contributed by atoms with Crippen molar-refractivity contribution in [1.29, 1.82) is 0 Å². The van der Waals surface area contributed by atoms with Crippen LogP contribution in [0.1, 0.15) is 18.4 Å². The Labute approximate surface area is 135 Å². The summed E-state index contributed by atoms with van der Waals surface area (Å²) in [7, 11) is 4.97. The number of hydrogen-bond acceptors (Lipinski definition) is 4. The van der Waals surface area contributed by atoms with Crippen molar-refractivity contribution in [3.63, 3.8) is 0 Å². The highest BCUT2D eigenvalue weighted by atomic mass is 16.5. The highest BCUT2D eigenvalue weighted by molar-refractivity contribution is 6.00. The summed E-state index contributed by atoms with van der Waals surface area (Å²) in [5.41, 5.74) is 3.62. The molecule has 5 heteroatoms. The number of hydrogen-bond donors (Lipinski definition) is 1. The Morgan fingerprint density at radius 3 is 2.35 bits per heavy atom. The van der Waals surface area contributed by atoms with Crippen LogP contribution < -0.4 is 14.2 Å². The highest BCUT2D eigenvalue weighted by Crippen LogP contribution is 2.48. The zero-order chi connectivity index (χ0) is 16.0. The van der Waals surface area contributed by atoms with E-state index in [4.69, 9.17) is 14.2 Å². The summed E-state index contributed by atoms with van der Waals surface area (Å²) < 4.78 is 16.7. The number of ether oxygens (including phenoxy) is 3. The van der Waals surface area contributed by atoms with E-state index < -0.39 is 0 Å². The van der Waals surface area contributed by atoms with Crippen LogP contribution in [0.25, 0.3) is 16.5 Å². The van der Waals surface area contributed by atoms with Crippen LogP contribution in [0.15, 0.2) is 18.5 Å². The molecule has 0 atom stereocenters. The molecule has 3 aliphatic rings. The van der Waals surface area contributed by atoms with Crippen LogP contribution >= 0.6 is 0 Å². The smallest absolute Gasteiger partial charge is 0.204 e. The molecule has 0 radical (unpaired) electrons. The first kappa shape index (κ1) is 14.3. The fraction of sp³-hybridized carbons (Fsp3) is 0.444. The van der Waals surface area contributed by atoms with E-state index in [-0.39, 0.29) is 0 Å². The normalized spacial score (nSPS) is 17.5. The highest BCUT2D eigenvalue weighted by Gasteiger charge is 2.30. The van der Waals surface area contributed by atoms with Crippen molar-refractivity contribution in [1.82, 2.24) is 9.88 Å². The van der Waals surface area contributed by atoms with Gasteiger partial charge in [-0.25, -0.2) is 0 Å². The van der Waals surface area contributed by atoms with E-state index in [0.717, 1.165) is 16.7 Å². The molecule has 3 aliphatic heterocycles. The van der Waals surface area contributed by atoms with Crippen LogP contribution in [0, 0.1) is 5.92 Å². The van der Waals surface area contributed by atoms with Crippen LogP contribution in [0.4, 0.5) is 0 Å². The number of benzene rings is 1. The Bertz CT molecular complexity index is 770. The molecule has 2 aromatic rings. The van der Waals surface area contributed by atoms with E-state index in [0.29, 0.717) is 17.4 Å². The minimum Gasteiger partial charge on any atom is -0.493 e. The molecule has 0 amide bonds. The second-order valence-electron chi connectivity index (χ2n) is 6.16. The standard InChI is InChI=1S/C18H22N2O3/c1-21-15-8-14-16(18(23-3)17(15)22-2)12(9-19-14)13-10-20-6-4-11(13)5-7-20/h8-11,19H,4-7H2,1-3H3. The molecule has 1 N–H and O–H groups in total. The number of H-pyrrole nitrogens is 1. The lowest BCUT2D eigenvalue weighted by Gasteiger charge is -2.39. The lowest BCUT2D eigenvalue weighted by Crippen LogP contribution is -2.35. The van der Waals surface area contributed by atoms with Crippen molar-refractivity contribution in [2.24, 2.45) is 5.92 Å². The third kappa shape index (κ3) is 2.06. The Balaban J connectivity index is 1.95. The minimum atomic E-state index is 0.636. The van der Waals surface area contributed by atoms with Gasteiger partial charge >= 0.3 is 0 Å². The van der Waals surface area contributed by atoms with Gasteiger partial charge in [0.15, 0.2) is 11.5 Å². The maximum absolute atomic E-state index is 5.70. The van der Waals surface area contributed by atoms with Gasteiger partial charge in [-0.3, -0.25) is 0 Å². The van der Waals surface area contributed by atoms with Crippen molar-refractivity contribution in [2.75, 3.05) is 34.4 Å². The van der Waals surface area contributed by atoms with Gasteiger partial charge in [0.05, 0.1) is 32.2 Å². The van der Waals surface area contributed by atoms with Crippen molar-refractivity contribution in [3.05, 3.63) is 24.0 Å².